The largest absolute Gasteiger partial charge is 0.459 e. The Kier molecular flexibility index (Phi) is 6.99. The molecule has 0 unspecified atom stereocenters. The number of hydrogen-bond acceptors (Lipinski definition) is 6. The van der Waals surface area contributed by atoms with Crippen molar-refractivity contribution in [2.24, 2.45) is 0 Å². The first-order valence-corrected chi connectivity index (χ1v) is 8.54. The third-order valence-corrected chi connectivity index (χ3v) is 3.82. The fourth-order valence-corrected chi connectivity index (χ4v) is 2.51. The molecule has 0 saturated carbocycles. The molecule has 7 nitrogen and oxygen atoms in total. The highest BCUT2D eigenvalue weighted by atomic mass is 16.4. The van der Waals surface area contributed by atoms with Gasteiger partial charge in [-0.05, 0) is 37.9 Å². The maximum absolute atomic E-state index is 12.2. The molecule has 0 fully saturated rings. The van der Waals surface area contributed by atoms with Crippen LogP contribution in [0.5, 0.6) is 0 Å². The maximum atomic E-state index is 12.2. The van der Waals surface area contributed by atoms with Gasteiger partial charge in [-0.25, -0.2) is 0 Å². The number of carbonyl (C=O) groups is 1. The van der Waals surface area contributed by atoms with E-state index in [-0.39, 0.29) is 11.9 Å². The van der Waals surface area contributed by atoms with E-state index in [0.29, 0.717) is 30.6 Å². The van der Waals surface area contributed by atoms with Gasteiger partial charge in [0, 0.05) is 6.04 Å². The Bertz CT molecular complexity index is 605. The van der Waals surface area contributed by atoms with E-state index >= 15 is 0 Å². The molecule has 2 aromatic heterocycles. The summed E-state index contributed by atoms with van der Waals surface area (Å²) in [5.41, 5.74) is 0. The molecule has 2 aromatic rings. The molecule has 0 radical (unpaired) electrons. The van der Waals surface area contributed by atoms with Gasteiger partial charge in [-0.3, -0.25) is 9.69 Å². The number of aromatic nitrogens is 2. The standard InChI is InChI=1S/C17H26N4O3/c1-4-9-21(11-15(22)18-13(5-2)6-3)12-16-19-20-17(24-16)14-8-7-10-23-14/h7-8,10,13H,4-6,9,11-12H2,1-3H3,(H,18,22). The number of nitrogens with one attached hydrogen (secondary N) is 1. The normalized spacial score (nSPS) is 11.4. The van der Waals surface area contributed by atoms with Crippen LogP contribution >= 0.6 is 0 Å². The van der Waals surface area contributed by atoms with Gasteiger partial charge in [0.15, 0.2) is 5.76 Å². The molecule has 0 aromatic carbocycles. The van der Waals surface area contributed by atoms with Crippen LogP contribution in [0.15, 0.2) is 27.2 Å². The fraction of sp³-hybridized carbons (Fsp3) is 0.588. The van der Waals surface area contributed by atoms with E-state index in [1.165, 1.54) is 0 Å². The molecular weight excluding hydrogens is 308 g/mol. The minimum atomic E-state index is 0.0305. The van der Waals surface area contributed by atoms with Crippen molar-refractivity contribution in [3.63, 3.8) is 0 Å². The summed E-state index contributed by atoms with van der Waals surface area (Å²) in [4.78, 5) is 14.2. The quantitative estimate of drug-likeness (QED) is 0.719. The van der Waals surface area contributed by atoms with Crippen LogP contribution in [0, 0.1) is 0 Å². The Hall–Kier alpha value is -2.15. The second-order valence-corrected chi connectivity index (χ2v) is 5.77. The first-order chi connectivity index (χ1) is 11.7. The molecule has 0 aliphatic carbocycles. The average molecular weight is 334 g/mol. The summed E-state index contributed by atoms with van der Waals surface area (Å²) in [5.74, 6) is 1.41. The van der Waals surface area contributed by atoms with Crippen LogP contribution in [0.2, 0.25) is 0 Å². The van der Waals surface area contributed by atoms with E-state index in [2.05, 4.69) is 36.3 Å². The molecule has 2 heterocycles. The SMILES string of the molecule is CCCN(CC(=O)NC(CC)CC)Cc1nnc(-c2ccco2)o1. The van der Waals surface area contributed by atoms with Crippen molar-refractivity contribution in [2.45, 2.75) is 52.6 Å². The Balaban J connectivity index is 1.94. The van der Waals surface area contributed by atoms with Crippen molar-refractivity contribution in [1.82, 2.24) is 20.4 Å². The van der Waals surface area contributed by atoms with Gasteiger partial charge in [-0.1, -0.05) is 20.8 Å². The number of amides is 1. The monoisotopic (exact) mass is 334 g/mol. The molecule has 0 aliphatic heterocycles. The number of nitrogens with zero attached hydrogens (tertiary/aromatic N) is 3. The van der Waals surface area contributed by atoms with Crippen molar-refractivity contribution < 1.29 is 13.6 Å². The van der Waals surface area contributed by atoms with Gasteiger partial charge in [-0.2, -0.15) is 0 Å². The molecule has 24 heavy (non-hydrogen) atoms. The summed E-state index contributed by atoms with van der Waals surface area (Å²) in [5, 5.41) is 11.1. The molecule has 0 spiro atoms. The molecule has 132 valence electrons. The average Bonchev–Trinajstić information content (AvgIpc) is 3.23. The summed E-state index contributed by atoms with van der Waals surface area (Å²) < 4.78 is 10.9. The summed E-state index contributed by atoms with van der Waals surface area (Å²) >= 11 is 0. The van der Waals surface area contributed by atoms with E-state index in [1.54, 1.807) is 18.4 Å². The van der Waals surface area contributed by atoms with Crippen LogP contribution in [0.25, 0.3) is 11.7 Å². The summed E-state index contributed by atoms with van der Waals surface area (Å²) in [6.07, 6.45) is 4.38. The van der Waals surface area contributed by atoms with Gasteiger partial charge in [0.05, 0.1) is 19.4 Å². The van der Waals surface area contributed by atoms with Crippen molar-refractivity contribution in [1.29, 1.82) is 0 Å². The van der Waals surface area contributed by atoms with E-state index in [9.17, 15) is 4.79 Å². The molecule has 0 bridgehead atoms. The Morgan fingerprint density at radius 2 is 2.08 bits per heavy atom. The molecule has 7 heteroatoms. The predicted octanol–water partition coefficient (Wildman–Crippen LogP) is 2.85. The molecule has 0 saturated heterocycles. The minimum absolute atomic E-state index is 0.0305. The number of rotatable bonds is 10. The number of furan rings is 1. The third-order valence-electron chi connectivity index (χ3n) is 3.82. The van der Waals surface area contributed by atoms with Crippen molar-refractivity contribution >= 4 is 5.91 Å². The summed E-state index contributed by atoms with van der Waals surface area (Å²) in [7, 11) is 0. The molecular formula is C17H26N4O3. The highest BCUT2D eigenvalue weighted by Gasteiger charge is 2.17. The zero-order valence-corrected chi connectivity index (χ0v) is 14.6. The van der Waals surface area contributed by atoms with Gasteiger partial charge >= 0.3 is 0 Å². The van der Waals surface area contributed by atoms with Crippen LogP contribution in [-0.2, 0) is 11.3 Å². The van der Waals surface area contributed by atoms with Gasteiger partial charge in [0.1, 0.15) is 0 Å². The summed E-state index contributed by atoms with van der Waals surface area (Å²) in [6.45, 7) is 7.78. The molecule has 2 rings (SSSR count). The third kappa shape index (κ3) is 5.19. The lowest BCUT2D eigenvalue weighted by Crippen LogP contribution is -2.41. The minimum Gasteiger partial charge on any atom is -0.459 e. The van der Waals surface area contributed by atoms with Crippen LogP contribution in [0.1, 0.15) is 45.9 Å². The van der Waals surface area contributed by atoms with E-state index < -0.39 is 0 Å². The predicted molar refractivity (Wildman–Crippen MR) is 90.1 cm³/mol. The van der Waals surface area contributed by atoms with Crippen molar-refractivity contribution in [2.75, 3.05) is 13.1 Å². The number of hydrogen-bond donors (Lipinski definition) is 1. The maximum Gasteiger partial charge on any atom is 0.283 e. The second-order valence-electron chi connectivity index (χ2n) is 5.77. The molecule has 0 atom stereocenters. The fourth-order valence-electron chi connectivity index (χ4n) is 2.51. The van der Waals surface area contributed by atoms with Gasteiger partial charge < -0.3 is 14.2 Å². The Morgan fingerprint density at radius 3 is 2.71 bits per heavy atom. The van der Waals surface area contributed by atoms with Gasteiger partial charge in [0.25, 0.3) is 5.89 Å². The summed E-state index contributed by atoms with van der Waals surface area (Å²) in [6, 6.07) is 3.77. The highest BCUT2D eigenvalue weighted by molar-refractivity contribution is 5.78. The van der Waals surface area contributed by atoms with Crippen LogP contribution in [0.3, 0.4) is 0 Å². The van der Waals surface area contributed by atoms with Crippen molar-refractivity contribution in [3.8, 4) is 11.7 Å². The second kappa shape index (κ2) is 9.22. The van der Waals surface area contributed by atoms with E-state index in [4.69, 9.17) is 8.83 Å². The van der Waals surface area contributed by atoms with Gasteiger partial charge in [-0.15, -0.1) is 10.2 Å². The van der Waals surface area contributed by atoms with Crippen LogP contribution < -0.4 is 5.32 Å². The first-order valence-electron chi connectivity index (χ1n) is 8.54. The van der Waals surface area contributed by atoms with E-state index in [0.717, 1.165) is 25.8 Å². The molecule has 1 amide bonds. The Morgan fingerprint density at radius 1 is 1.29 bits per heavy atom. The van der Waals surface area contributed by atoms with Crippen LogP contribution in [-0.4, -0.2) is 40.1 Å². The lowest BCUT2D eigenvalue weighted by Gasteiger charge is -2.21. The molecule has 1 N–H and O–H groups in total. The topological polar surface area (TPSA) is 84.4 Å². The lowest BCUT2D eigenvalue weighted by molar-refractivity contribution is -0.123. The first kappa shape index (κ1) is 18.2. The highest BCUT2D eigenvalue weighted by Crippen LogP contribution is 2.18. The lowest BCUT2D eigenvalue weighted by atomic mass is 10.2. The van der Waals surface area contributed by atoms with Crippen molar-refractivity contribution in [3.05, 3.63) is 24.3 Å². The molecule has 0 aliphatic rings. The number of carbonyl (C=O) groups excluding carboxylic acids is 1. The Labute approximate surface area is 142 Å². The zero-order chi connectivity index (χ0) is 17.4. The smallest absolute Gasteiger partial charge is 0.283 e. The van der Waals surface area contributed by atoms with E-state index in [1.807, 2.05) is 4.90 Å². The zero-order valence-electron chi connectivity index (χ0n) is 14.6. The van der Waals surface area contributed by atoms with Crippen LogP contribution in [0.4, 0.5) is 0 Å². The van der Waals surface area contributed by atoms with Gasteiger partial charge in [0.2, 0.25) is 11.8 Å².